The Kier molecular flexibility index (Phi) is 4.53. The Balaban J connectivity index is 1.72. The van der Waals surface area contributed by atoms with E-state index in [1.165, 1.54) is 5.01 Å². The highest BCUT2D eigenvalue weighted by molar-refractivity contribution is 7.10. The molecule has 0 fully saturated rings. The lowest BCUT2D eigenvalue weighted by atomic mass is 10.2. The Labute approximate surface area is 155 Å². The van der Waals surface area contributed by atoms with Gasteiger partial charge in [0.05, 0.1) is 6.21 Å². The van der Waals surface area contributed by atoms with E-state index in [0.717, 1.165) is 16.0 Å². The van der Waals surface area contributed by atoms with E-state index in [-0.39, 0.29) is 5.91 Å². The van der Waals surface area contributed by atoms with Gasteiger partial charge in [0.25, 0.3) is 5.91 Å². The standard InChI is InChI=1S/C21H15N3OS/c25-21-19(14-18-12-7-13-26-18)23-20(17-10-5-2-6-11-17)24(21)22-15-16-8-3-1-4-9-16/h1-15H. The fourth-order valence-electron chi connectivity index (χ4n) is 2.56. The minimum absolute atomic E-state index is 0.232. The van der Waals surface area contributed by atoms with Gasteiger partial charge in [-0.1, -0.05) is 66.7 Å². The molecular weight excluding hydrogens is 342 g/mol. The molecule has 26 heavy (non-hydrogen) atoms. The fourth-order valence-corrected chi connectivity index (χ4v) is 3.21. The third kappa shape index (κ3) is 3.38. The molecule has 4 rings (SSSR count). The molecule has 0 spiro atoms. The molecule has 0 aliphatic carbocycles. The van der Waals surface area contributed by atoms with Crippen LogP contribution in [0.3, 0.4) is 0 Å². The molecule has 0 radical (unpaired) electrons. The van der Waals surface area contributed by atoms with Crippen LogP contribution in [0.5, 0.6) is 0 Å². The topological polar surface area (TPSA) is 45.0 Å². The minimum Gasteiger partial charge on any atom is -0.265 e. The summed E-state index contributed by atoms with van der Waals surface area (Å²) in [5.74, 6) is 0.301. The first-order valence-electron chi connectivity index (χ1n) is 8.14. The zero-order valence-electron chi connectivity index (χ0n) is 13.8. The van der Waals surface area contributed by atoms with Gasteiger partial charge in [0, 0.05) is 10.4 Å². The van der Waals surface area contributed by atoms with Gasteiger partial charge in [-0.2, -0.15) is 10.1 Å². The second-order valence-electron chi connectivity index (χ2n) is 5.62. The summed E-state index contributed by atoms with van der Waals surface area (Å²) >= 11 is 1.57. The highest BCUT2D eigenvalue weighted by Crippen LogP contribution is 2.23. The number of aliphatic imine (C=N–C) groups is 1. The van der Waals surface area contributed by atoms with Crippen LogP contribution in [0, 0.1) is 0 Å². The molecule has 0 bridgehead atoms. The van der Waals surface area contributed by atoms with E-state index in [2.05, 4.69) is 10.1 Å². The number of amides is 1. The number of hydrogen-bond donors (Lipinski definition) is 0. The SMILES string of the molecule is O=C1C(=Cc2cccs2)N=C(c2ccccc2)N1N=Cc1ccccc1. The molecule has 126 valence electrons. The quantitative estimate of drug-likeness (QED) is 0.504. The van der Waals surface area contributed by atoms with Crippen molar-refractivity contribution in [2.75, 3.05) is 0 Å². The summed E-state index contributed by atoms with van der Waals surface area (Å²) < 4.78 is 0. The average molecular weight is 357 g/mol. The van der Waals surface area contributed by atoms with E-state index in [9.17, 15) is 4.79 Å². The van der Waals surface area contributed by atoms with Crippen molar-refractivity contribution in [2.45, 2.75) is 0 Å². The Morgan fingerprint density at radius 1 is 0.923 bits per heavy atom. The van der Waals surface area contributed by atoms with E-state index in [1.807, 2.05) is 78.2 Å². The molecule has 2 aromatic carbocycles. The van der Waals surface area contributed by atoms with Gasteiger partial charge < -0.3 is 0 Å². The van der Waals surface area contributed by atoms with Crippen LogP contribution >= 0.6 is 11.3 Å². The normalized spacial score (nSPS) is 15.8. The molecule has 0 atom stereocenters. The molecule has 1 aliphatic heterocycles. The third-order valence-electron chi connectivity index (χ3n) is 3.81. The van der Waals surface area contributed by atoms with Crippen LogP contribution in [-0.4, -0.2) is 23.0 Å². The van der Waals surface area contributed by atoms with Crippen molar-refractivity contribution < 1.29 is 4.79 Å². The van der Waals surface area contributed by atoms with Crippen molar-refractivity contribution in [3.63, 3.8) is 0 Å². The van der Waals surface area contributed by atoms with Crippen LogP contribution in [0.15, 0.2) is 94.0 Å². The summed E-state index contributed by atoms with van der Waals surface area (Å²) in [4.78, 5) is 18.4. The number of nitrogens with zero attached hydrogens (tertiary/aromatic N) is 3. The van der Waals surface area contributed by atoms with E-state index in [0.29, 0.717) is 11.5 Å². The first-order valence-corrected chi connectivity index (χ1v) is 9.02. The lowest BCUT2D eigenvalue weighted by Gasteiger charge is -2.11. The van der Waals surface area contributed by atoms with Crippen LogP contribution in [0.2, 0.25) is 0 Å². The maximum absolute atomic E-state index is 12.9. The summed E-state index contributed by atoms with van der Waals surface area (Å²) in [5.41, 5.74) is 2.15. The second kappa shape index (κ2) is 7.29. The van der Waals surface area contributed by atoms with Gasteiger partial charge in [-0.05, 0) is 23.1 Å². The molecule has 5 heteroatoms. The predicted molar refractivity (Wildman–Crippen MR) is 106 cm³/mol. The number of thiophene rings is 1. The summed E-state index contributed by atoms with van der Waals surface area (Å²) in [6.45, 7) is 0. The Morgan fingerprint density at radius 2 is 1.65 bits per heavy atom. The first-order chi connectivity index (χ1) is 12.8. The van der Waals surface area contributed by atoms with Crippen LogP contribution in [0.25, 0.3) is 6.08 Å². The Bertz CT molecular complexity index is 990. The van der Waals surface area contributed by atoms with Gasteiger partial charge >= 0.3 is 0 Å². The van der Waals surface area contributed by atoms with Gasteiger partial charge in [-0.15, -0.1) is 11.3 Å². The number of carbonyl (C=O) groups excluding carboxylic acids is 1. The van der Waals surface area contributed by atoms with Gasteiger partial charge in [0.2, 0.25) is 0 Å². The van der Waals surface area contributed by atoms with Crippen molar-refractivity contribution >= 4 is 35.4 Å². The number of amidine groups is 1. The largest absolute Gasteiger partial charge is 0.298 e. The predicted octanol–water partition coefficient (Wildman–Crippen LogP) is 4.41. The summed E-state index contributed by atoms with van der Waals surface area (Å²) in [5, 5.41) is 7.74. The number of hydrogen-bond acceptors (Lipinski definition) is 4. The molecule has 0 unspecified atom stereocenters. The van der Waals surface area contributed by atoms with Crippen molar-refractivity contribution in [2.24, 2.45) is 10.1 Å². The lowest BCUT2D eigenvalue weighted by molar-refractivity contribution is -0.122. The molecule has 1 amide bonds. The van der Waals surface area contributed by atoms with Crippen LogP contribution in [-0.2, 0) is 4.79 Å². The molecular formula is C21H15N3OS. The monoisotopic (exact) mass is 357 g/mol. The van der Waals surface area contributed by atoms with E-state index >= 15 is 0 Å². The molecule has 1 aliphatic rings. The molecule has 4 nitrogen and oxygen atoms in total. The Hall–Kier alpha value is -3.31. The van der Waals surface area contributed by atoms with E-state index in [4.69, 9.17) is 0 Å². The number of rotatable bonds is 4. The fraction of sp³-hybridized carbons (Fsp3) is 0. The van der Waals surface area contributed by atoms with Crippen molar-refractivity contribution in [1.82, 2.24) is 5.01 Å². The number of carbonyl (C=O) groups is 1. The highest BCUT2D eigenvalue weighted by atomic mass is 32.1. The van der Waals surface area contributed by atoms with E-state index < -0.39 is 0 Å². The molecule has 2 heterocycles. The second-order valence-corrected chi connectivity index (χ2v) is 6.60. The lowest BCUT2D eigenvalue weighted by Crippen LogP contribution is -2.27. The van der Waals surface area contributed by atoms with Crippen molar-refractivity contribution in [1.29, 1.82) is 0 Å². The summed E-state index contributed by atoms with van der Waals surface area (Å²) in [7, 11) is 0. The summed E-state index contributed by atoms with van der Waals surface area (Å²) in [6, 6.07) is 23.2. The third-order valence-corrected chi connectivity index (χ3v) is 4.63. The molecule has 0 saturated carbocycles. The zero-order valence-corrected chi connectivity index (χ0v) is 14.6. The smallest absolute Gasteiger partial charge is 0.265 e. The minimum atomic E-state index is -0.232. The van der Waals surface area contributed by atoms with Gasteiger partial charge in [0.1, 0.15) is 5.70 Å². The molecule has 0 N–H and O–H groups in total. The Morgan fingerprint density at radius 3 is 2.35 bits per heavy atom. The van der Waals surface area contributed by atoms with Crippen LogP contribution in [0.4, 0.5) is 0 Å². The molecule has 1 aromatic heterocycles. The average Bonchev–Trinajstić information content (AvgIpc) is 3.31. The highest BCUT2D eigenvalue weighted by Gasteiger charge is 2.31. The van der Waals surface area contributed by atoms with Gasteiger partial charge in [0.15, 0.2) is 5.84 Å². The molecule has 0 saturated heterocycles. The number of hydrazone groups is 1. The van der Waals surface area contributed by atoms with E-state index in [1.54, 1.807) is 23.6 Å². The maximum Gasteiger partial charge on any atom is 0.298 e. The van der Waals surface area contributed by atoms with Gasteiger partial charge in [-0.25, -0.2) is 4.99 Å². The number of benzene rings is 2. The van der Waals surface area contributed by atoms with Crippen LogP contribution in [0.1, 0.15) is 16.0 Å². The van der Waals surface area contributed by atoms with Crippen molar-refractivity contribution in [3.05, 3.63) is 99.9 Å². The van der Waals surface area contributed by atoms with Gasteiger partial charge in [-0.3, -0.25) is 4.79 Å². The first kappa shape index (κ1) is 16.2. The molecule has 3 aromatic rings. The van der Waals surface area contributed by atoms with Crippen molar-refractivity contribution in [3.8, 4) is 0 Å². The van der Waals surface area contributed by atoms with Crippen LogP contribution < -0.4 is 0 Å². The zero-order chi connectivity index (χ0) is 17.8. The maximum atomic E-state index is 12.9. The summed E-state index contributed by atoms with van der Waals surface area (Å²) in [6.07, 6.45) is 3.47.